The number of pyridine rings is 1. The van der Waals surface area contributed by atoms with Crippen LogP contribution in [0.1, 0.15) is 36.0 Å². The van der Waals surface area contributed by atoms with E-state index in [0.717, 1.165) is 65.2 Å². The quantitative estimate of drug-likeness (QED) is 0.653. The van der Waals surface area contributed by atoms with Crippen molar-refractivity contribution in [3.63, 3.8) is 0 Å². The maximum absolute atomic E-state index is 12.4. The van der Waals surface area contributed by atoms with Crippen molar-refractivity contribution >= 4 is 5.91 Å². The number of benzene rings is 1. The first-order valence-corrected chi connectivity index (χ1v) is 11.6. The molecule has 0 spiro atoms. The number of nitrogens with zero attached hydrogens (tertiary/aromatic N) is 4. The van der Waals surface area contributed by atoms with Crippen LogP contribution in [0.3, 0.4) is 0 Å². The van der Waals surface area contributed by atoms with Crippen molar-refractivity contribution in [3.8, 4) is 28.7 Å². The Labute approximate surface area is 200 Å². The number of aromatic nitrogens is 1. The molecular formula is C26H32N4O4. The third-order valence-electron chi connectivity index (χ3n) is 7.31. The van der Waals surface area contributed by atoms with Crippen molar-refractivity contribution in [2.24, 2.45) is 7.05 Å². The fourth-order valence-corrected chi connectivity index (χ4v) is 5.47. The van der Waals surface area contributed by atoms with Gasteiger partial charge in [0, 0.05) is 56.1 Å². The number of aryl methyl sites for hydroxylation is 1. The van der Waals surface area contributed by atoms with Gasteiger partial charge in [-0.3, -0.25) is 14.5 Å². The molecule has 2 atom stereocenters. The van der Waals surface area contributed by atoms with E-state index in [2.05, 4.69) is 4.90 Å². The molecule has 8 nitrogen and oxygen atoms in total. The van der Waals surface area contributed by atoms with E-state index in [9.17, 15) is 9.59 Å². The van der Waals surface area contributed by atoms with Crippen molar-refractivity contribution in [2.75, 3.05) is 27.3 Å². The number of likely N-dealkylation sites (tertiary alicyclic amines) is 1. The van der Waals surface area contributed by atoms with Gasteiger partial charge in [0.25, 0.3) is 5.56 Å². The molecule has 8 heteroatoms. The largest absolute Gasteiger partial charge is 0.496 e. The lowest BCUT2D eigenvalue weighted by atomic mass is 9.97. The number of hydrogen-bond acceptors (Lipinski definition) is 6. The zero-order chi connectivity index (χ0) is 24.6. The third-order valence-corrected chi connectivity index (χ3v) is 7.31. The van der Waals surface area contributed by atoms with E-state index in [4.69, 9.17) is 14.7 Å². The summed E-state index contributed by atoms with van der Waals surface area (Å²) in [5.74, 6) is 1.41. The summed E-state index contributed by atoms with van der Waals surface area (Å²) < 4.78 is 13.2. The van der Waals surface area contributed by atoms with Crippen molar-refractivity contribution < 1.29 is 14.3 Å². The number of piperazine rings is 1. The van der Waals surface area contributed by atoms with Gasteiger partial charge in [-0.15, -0.1) is 0 Å². The van der Waals surface area contributed by atoms with Crippen LogP contribution in [0.2, 0.25) is 0 Å². The molecule has 2 saturated heterocycles. The van der Waals surface area contributed by atoms with Gasteiger partial charge in [-0.1, -0.05) is 0 Å². The number of amides is 1. The number of methoxy groups -OCH3 is 2. The van der Waals surface area contributed by atoms with Gasteiger partial charge in [0.2, 0.25) is 5.91 Å². The maximum Gasteiger partial charge on any atom is 0.253 e. The molecule has 2 aliphatic rings. The van der Waals surface area contributed by atoms with E-state index in [1.807, 2.05) is 43.1 Å². The molecule has 0 N–H and O–H groups in total. The molecule has 2 fully saturated rings. The van der Waals surface area contributed by atoms with Crippen LogP contribution >= 0.6 is 0 Å². The van der Waals surface area contributed by atoms with Crippen molar-refractivity contribution in [1.82, 2.24) is 14.4 Å². The molecule has 1 amide bonds. The lowest BCUT2D eigenvalue weighted by Gasteiger charge is -2.41. The minimum atomic E-state index is -0.0583. The predicted octanol–water partition coefficient (Wildman–Crippen LogP) is 2.78. The normalized spacial score (nSPS) is 19.7. The highest BCUT2D eigenvalue weighted by molar-refractivity contribution is 5.79. The van der Waals surface area contributed by atoms with Crippen molar-refractivity contribution in [3.05, 3.63) is 45.4 Å². The second-order valence-corrected chi connectivity index (χ2v) is 9.28. The Hall–Kier alpha value is -3.31. The number of nitriles is 1. The second-order valence-electron chi connectivity index (χ2n) is 9.28. The highest BCUT2D eigenvalue weighted by Crippen LogP contribution is 2.39. The molecule has 2 aliphatic heterocycles. The molecule has 2 unspecified atom stereocenters. The molecular weight excluding hydrogens is 432 g/mol. The first-order chi connectivity index (χ1) is 16.3. The average molecular weight is 465 g/mol. The van der Waals surface area contributed by atoms with Crippen LogP contribution in [0.25, 0.3) is 11.1 Å². The number of carbonyl (C=O) groups excluding carboxylic acids is 1. The lowest BCUT2D eigenvalue weighted by molar-refractivity contribution is -0.136. The van der Waals surface area contributed by atoms with Gasteiger partial charge in [0.15, 0.2) is 0 Å². The average Bonchev–Trinajstić information content (AvgIpc) is 3.10. The highest BCUT2D eigenvalue weighted by Gasteiger charge is 2.42. The van der Waals surface area contributed by atoms with Crippen LogP contribution in [0.5, 0.6) is 11.5 Å². The number of rotatable bonds is 6. The highest BCUT2D eigenvalue weighted by atomic mass is 16.5. The summed E-state index contributed by atoms with van der Waals surface area (Å²) in [5, 5.41) is 8.94. The lowest BCUT2D eigenvalue weighted by Crippen LogP contribution is -2.55. The Kier molecular flexibility index (Phi) is 6.67. The Morgan fingerprint density at radius 2 is 1.68 bits per heavy atom. The molecule has 180 valence electrons. The van der Waals surface area contributed by atoms with Crippen LogP contribution in [0, 0.1) is 25.2 Å². The van der Waals surface area contributed by atoms with Gasteiger partial charge in [-0.25, -0.2) is 0 Å². The summed E-state index contributed by atoms with van der Waals surface area (Å²) in [4.78, 5) is 29.0. The van der Waals surface area contributed by atoms with Gasteiger partial charge in [0.05, 0.1) is 25.9 Å². The standard InChI is InChI=1S/C26H32N4O4/c1-16-17(2)26(32)28(3)14-21(16)18-10-23(33-4)22(24(11-18)34-5)15-29-12-19-6-7-20(13-29)30(19)25(31)8-9-27/h10-11,14,19-20H,6-8,12-13,15H2,1-5H3. The summed E-state index contributed by atoms with van der Waals surface area (Å²) in [7, 11) is 5.07. The Balaban J connectivity index is 1.64. The van der Waals surface area contributed by atoms with Crippen molar-refractivity contribution in [2.45, 2.75) is 51.7 Å². The van der Waals surface area contributed by atoms with E-state index in [-0.39, 0.29) is 30.0 Å². The molecule has 2 bridgehead atoms. The molecule has 34 heavy (non-hydrogen) atoms. The van der Waals surface area contributed by atoms with Gasteiger partial charge in [-0.2, -0.15) is 5.26 Å². The minimum Gasteiger partial charge on any atom is -0.496 e. The molecule has 0 aliphatic carbocycles. The zero-order valence-electron chi connectivity index (χ0n) is 20.6. The van der Waals surface area contributed by atoms with E-state index >= 15 is 0 Å². The topological polar surface area (TPSA) is 87.8 Å². The molecule has 3 heterocycles. The van der Waals surface area contributed by atoms with Crippen LogP contribution in [-0.2, 0) is 18.4 Å². The number of hydrogen-bond donors (Lipinski definition) is 0. The molecule has 1 aromatic heterocycles. The molecule has 4 rings (SSSR count). The van der Waals surface area contributed by atoms with E-state index in [0.29, 0.717) is 6.54 Å². The van der Waals surface area contributed by atoms with Crippen molar-refractivity contribution in [1.29, 1.82) is 5.26 Å². The monoisotopic (exact) mass is 464 g/mol. The summed E-state index contributed by atoms with van der Waals surface area (Å²) in [6.45, 7) is 5.98. The minimum absolute atomic E-state index is 0.00109. The third kappa shape index (κ3) is 4.16. The Morgan fingerprint density at radius 3 is 2.21 bits per heavy atom. The molecule has 1 aromatic carbocycles. The van der Waals surface area contributed by atoms with Gasteiger partial charge < -0.3 is 18.9 Å². The fourth-order valence-electron chi connectivity index (χ4n) is 5.47. The van der Waals surface area contributed by atoms with Crippen LogP contribution < -0.4 is 15.0 Å². The summed E-state index contributed by atoms with van der Waals surface area (Å²) in [5.41, 5.74) is 4.52. The zero-order valence-corrected chi connectivity index (χ0v) is 20.6. The maximum atomic E-state index is 12.4. The second kappa shape index (κ2) is 9.51. The van der Waals surface area contributed by atoms with Crippen LogP contribution in [-0.4, -0.2) is 59.7 Å². The van der Waals surface area contributed by atoms with E-state index in [1.165, 1.54) is 0 Å². The molecule has 0 radical (unpaired) electrons. The predicted molar refractivity (Wildman–Crippen MR) is 129 cm³/mol. The summed E-state index contributed by atoms with van der Waals surface area (Å²) in [6.07, 6.45) is 3.74. The van der Waals surface area contributed by atoms with E-state index < -0.39 is 0 Å². The summed E-state index contributed by atoms with van der Waals surface area (Å²) >= 11 is 0. The number of fused-ring (bicyclic) bond motifs is 2. The van der Waals surface area contributed by atoms with Crippen LogP contribution in [0.4, 0.5) is 0 Å². The first kappa shape index (κ1) is 23.8. The molecule has 0 saturated carbocycles. The smallest absolute Gasteiger partial charge is 0.253 e. The summed E-state index contributed by atoms with van der Waals surface area (Å²) in [6, 6.07) is 6.29. The van der Waals surface area contributed by atoms with Gasteiger partial charge >= 0.3 is 0 Å². The van der Waals surface area contributed by atoms with Gasteiger partial charge in [0.1, 0.15) is 17.9 Å². The first-order valence-electron chi connectivity index (χ1n) is 11.6. The fraction of sp³-hybridized carbons (Fsp3) is 0.500. The Bertz CT molecular complexity index is 1170. The number of carbonyl (C=O) groups is 1. The number of ether oxygens (including phenoxy) is 2. The van der Waals surface area contributed by atoms with Gasteiger partial charge in [-0.05, 0) is 49.9 Å². The van der Waals surface area contributed by atoms with Crippen LogP contribution in [0.15, 0.2) is 23.1 Å². The van der Waals surface area contributed by atoms with E-state index in [1.54, 1.807) is 25.8 Å². The SMILES string of the molecule is COc1cc(-c2cn(C)c(=O)c(C)c2C)cc(OC)c1CN1CC2CCC(C1)N2C(=O)CC#N. The Morgan fingerprint density at radius 1 is 1.09 bits per heavy atom. The molecule has 2 aromatic rings.